The monoisotopic (exact) mass is 289 g/mol. The van der Waals surface area contributed by atoms with Crippen molar-refractivity contribution in [2.75, 3.05) is 6.61 Å². The van der Waals surface area contributed by atoms with Gasteiger partial charge in [0.05, 0.1) is 6.04 Å². The van der Waals surface area contributed by atoms with Crippen LogP contribution in [0.2, 0.25) is 0 Å². The van der Waals surface area contributed by atoms with Crippen LogP contribution < -0.4 is 0 Å². The molecule has 21 heavy (non-hydrogen) atoms. The molecular formula is C16H19NO4. The average molecular weight is 289 g/mol. The summed E-state index contributed by atoms with van der Waals surface area (Å²) in [6, 6.07) is 8.93. The van der Waals surface area contributed by atoms with Crippen LogP contribution in [0.25, 0.3) is 0 Å². The average Bonchev–Trinajstić information content (AvgIpc) is 3.01. The van der Waals surface area contributed by atoms with Gasteiger partial charge in [0, 0.05) is 6.04 Å². The second kappa shape index (κ2) is 5.85. The first kappa shape index (κ1) is 14.1. The number of carbonyl (C=O) groups is 2. The highest BCUT2D eigenvalue weighted by Crippen LogP contribution is 2.36. The molecule has 2 atom stereocenters. The lowest BCUT2D eigenvalue weighted by atomic mass is 9.95. The molecule has 1 heterocycles. The molecule has 1 saturated heterocycles. The summed E-state index contributed by atoms with van der Waals surface area (Å²) in [5.41, 5.74) is 0.824. The summed E-state index contributed by atoms with van der Waals surface area (Å²) in [5, 5.41) is 9.45. The molecule has 1 aromatic carbocycles. The molecule has 3 rings (SSSR count). The van der Waals surface area contributed by atoms with E-state index >= 15 is 0 Å². The topological polar surface area (TPSA) is 66.8 Å². The first-order chi connectivity index (χ1) is 10.2. The van der Waals surface area contributed by atoms with Gasteiger partial charge in [-0.2, -0.15) is 0 Å². The summed E-state index contributed by atoms with van der Waals surface area (Å²) >= 11 is 0. The largest absolute Gasteiger partial charge is 0.479 e. The molecule has 1 saturated carbocycles. The van der Waals surface area contributed by atoms with Gasteiger partial charge in [-0.3, -0.25) is 4.79 Å². The van der Waals surface area contributed by atoms with Gasteiger partial charge in [-0.05, 0) is 18.4 Å². The molecule has 0 aromatic heterocycles. The number of carbonyl (C=O) groups excluding carboxylic acids is 1. The molecule has 1 aliphatic heterocycles. The number of hydrogen-bond acceptors (Lipinski definition) is 3. The molecule has 1 amide bonds. The molecule has 5 nitrogen and oxygen atoms in total. The molecule has 2 fully saturated rings. The van der Waals surface area contributed by atoms with Crippen molar-refractivity contribution in [3.05, 3.63) is 35.9 Å². The van der Waals surface area contributed by atoms with Gasteiger partial charge in [-0.1, -0.05) is 43.2 Å². The zero-order valence-corrected chi connectivity index (χ0v) is 11.8. The Balaban J connectivity index is 1.99. The molecule has 112 valence electrons. The van der Waals surface area contributed by atoms with E-state index in [1.807, 2.05) is 30.3 Å². The molecule has 0 bridgehead atoms. The lowest BCUT2D eigenvalue weighted by Gasteiger charge is -2.43. The molecule has 0 radical (unpaired) electrons. The lowest BCUT2D eigenvalue weighted by molar-refractivity contribution is -0.176. The summed E-state index contributed by atoms with van der Waals surface area (Å²) in [4.78, 5) is 25.7. The van der Waals surface area contributed by atoms with Crippen LogP contribution in [-0.2, 0) is 14.3 Å². The fourth-order valence-corrected chi connectivity index (χ4v) is 3.43. The third kappa shape index (κ3) is 2.65. The second-order valence-electron chi connectivity index (χ2n) is 5.66. The van der Waals surface area contributed by atoms with E-state index in [9.17, 15) is 14.7 Å². The smallest absolute Gasteiger partial charge is 0.335 e. The number of rotatable bonds is 3. The molecule has 2 unspecified atom stereocenters. The minimum atomic E-state index is -1.01. The summed E-state index contributed by atoms with van der Waals surface area (Å²) in [5.74, 6) is -1.12. The number of morpholine rings is 1. The van der Waals surface area contributed by atoms with Crippen molar-refractivity contribution in [2.24, 2.45) is 0 Å². The maximum Gasteiger partial charge on any atom is 0.335 e. The van der Waals surface area contributed by atoms with Crippen LogP contribution in [0.3, 0.4) is 0 Å². The number of hydrogen-bond donors (Lipinski definition) is 1. The lowest BCUT2D eigenvalue weighted by Crippen LogP contribution is -2.54. The van der Waals surface area contributed by atoms with E-state index in [1.54, 1.807) is 4.90 Å². The van der Waals surface area contributed by atoms with Gasteiger partial charge in [-0.25, -0.2) is 4.79 Å². The Kier molecular flexibility index (Phi) is 3.92. The third-order valence-electron chi connectivity index (χ3n) is 4.36. The Hall–Kier alpha value is -1.88. The summed E-state index contributed by atoms with van der Waals surface area (Å²) in [6.07, 6.45) is 3.08. The summed E-state index contributed by atoms with van der Waals surface area (Å²) < 4.78 is 5.32. The highest BCUT2D eigenvalue weighted by molar-refractivity contribution is 5.83. The zero-order valence-electron chi connectivity index (χ0n) is 11.8. The zero-order chi connectivity index (χ0) is 14.8. The SMILES string of the molecule is O=C(O)C1OCC(=O)N(C2CCCC2)C1c1ccccc1. The highest BCUT2D eigenvalue weighted by Gasteiger charge is 2.45. The van der Waals surface area contributed by atoms with Crippen molar-refractivity contribution >= 4 is 11.9 Å². The van der Waals surface area contributed by atoms with Gasteiger partial charge in [0.25, 0.3) is 0 Å². The molecule has 5 heteroatoms. The highest BCUT2D eigenvalue weighted by atomic mass is 16.5. The van der Waals surface area contributed by atoms with Gasteiger partial charge in [0.15, 0.2) is 6.10 Å². The van der Waals surface area contributed by atoms with Crippen molar-refractivity contribution < 1.29 is 19.4 Å². The van der Waals surface area contributed by atoms with Crippen LogP contribution in [-0.4, -0.2) is 40.6 Å². The minimum absolute atomic E-state index is 0.103. The van der Waals surface area contributed by atoms with Gasteiger partial charge < -0.3 is 14.7 Å². The predicted octanol–water partition coefficient (Wildman–Crippen LogP) is 1.98. The van der Waals surface area contributed by atoms with E-state index in [0.717, 1.165) is 31.2 Å². The van der Waals surface area contributed by atoms with Crippen LogP contribution in [0.5, 0.6) is 0 Å². The van der Waals surface area contributed by atoms with Crippen molar-refractivity contribution in [3.8, 4) is 0 Å². The van der Waals surface area contributed by atoms with Gasteiger partial charge >= 0.3 is 5.97 Å². The molecule has 1 aromatic rings. The fraction of sp³-hybridized carbons (Fsp3) is 0.500. The number of nitrogens with zero attached hydrogens (tertiary/aromatic N) is 1. The quantitative estimate of drug-likeness (QED) is 0.924. The normalized spacial score (nSPS) is 27.0. The Bertz CT molecular complexity index is 524. The number of benzene rings is 1. The van der Waals surface area contributed by atoms with E-state index in [0.29, 0.717) is 0 Å². The Morgan fingerprint density at radius 3 is 2.48 bits per heavy atom. The van der Waals surface area contributed by atoms with Crippen LogP contribution in [0.1, 0.15) is 37.3 Å². The van der Waals surface area contributed by atoms with E-state index in [-0.39, 0.29) is 18.6 Å². The summed E-state index contributed by atoms with van der Waals surface area (Å²) in [6.45, 7) is -0.142. The second-order valence-corrected chi connectivity index (χ2v) is 5.66. The van der Waals surface area contributed by atoms with E-state index < -0.39 is 18.1 Å². The third-order valence-corrected chi connectivity index (χ3v) is 4.36. The maximum absolute atomic E-state index is 12.3. The van der Waals surface area contributed by atoms with Crippen LogP contribution in [0.15, 0.2) is 30.3 Å². The van der Waals surface area contributed by atoms with Gasteiger partial charge in [0.1, 0.15) is 6.61 Å². The van der Waals surface area contributed by atoms with Crippen molar-refractivity contribution in [2.45, 2.75) is 43.9 Å². The van der Waals surface area contributed by atoms with Gasteiger partial charge in [0.2, 0.25) is 5.91 Å². The number of carboxylic acids is 1. The molecule has 1 N–H and O–H groups in total. The number of carboxylic acid groups (broad SMARTS) is 1. The minimum Gasteiger partial charge on any atom is -0.479 e. The molecule has 0 spiro atoms. The van der Waals surface area contributed by atoms with E-state index in [4.69, 9.17) is 4.74 Å². The van der Waals surface area contributed by atoms with E-state index in [2.05, 4.69) is 0 Å². The van der Waals surface area contributed by atoms with E-state index in [1.165, 1.54) is 0 Å². The number of amides is 1. The molecule has 1 aliphatic carbocycles. The fourth-order valence-electron chi connectivity index (χ4n) is 3.43. The van der Waals surface area contributed by atoms with Gasteiger partial charge in [-0.15, -0.1) is 0 Å². The Morgan fingerprint density at radius 1 is 1.19 bits per heavy atom. The first-order valence-electron chi connectivity index (χ1n) is 7.39. The standard InChI is InChI=1S/C16H19NO4/c18-13-10-21-15(16(19)20)14(11-6-2-1-3-7-11)17(13)12-8-4-5-9-12/h1-3,6-7,12,14-15H,4-5,8-10H2,(H,19,20). The molecular weight excluding hydrogens is 270 g/mol. The number of ether oxygens (including phenoxy) is 1. The van der Waals surface area contributed by atoms with Crippen LogP contribution in [0, 0.1) is 0 Å². The van der Waals surface area contributed by atoms with Crippen LogP contribution in [0.4, 0.5) is 0 Å². The number of aliphatic carboxylic acids is 1. The van der Waals surface area contributed by atoms with Crippen molar-refractivity contribution in [3.63, 3.8) is 0 Å². The predicted molar refractivity (Wildman–Crippen MR) is 75.7 cm³/mol. The first-order valence-corrected chi connectivity index (χ1v) is 7.39. The Labute approximate surface area is 123 Å². The van der Waals surface area contributed by atoms with Crippen molar-refractivity contribution in [1.82, 2.24) is 4.90 Å². The molecule has 2 aliphatic rings. The summed E-state index contributed by atoms with van der Waals surface area (Å²) in [7, 11) is 0. The van der Waals surface area contributed by atoms with Crippen molar-refractivity contribution in [1.29, 1.82) is 0 Å². The van der Waals surface area contributed by atoms with Crippen LogP contribution >= 0.6 is 0 Å². The Morgan fingerprint density at radius 2 is 1.86 bits per heavy atom. The maximum atomic E-state index is 12.3.